The summed E-state index contributed by atoms with van der Waals surface area (Å²) in [6.07, 6.45) is 1.70. The van der Waals surface area contributed by atoms with Crippen molar-refractivity contribution < 1.29 is 4.42 Å². The van der Waals surface area contributed by atoms with Crippen molar-refractivity contribution >= 4 is 5.96 Å². The van der Waals surface area contributed by atoms with Crippen molar-refractivity contribution in [3.05, 3.63) is 60.1 Å². The van der Waals surface area contributed by atoms with E-state index in [1.54, 1.807) is 6.26 Å². The third kappa shape index (κ3) is 5.13. The van der Waals surface area contributed by atoms with Crippen LogP contribution in [-0.4, -0.2) is 38.0 Å². The van der Waals surface area contributed by atoms with E-state index in [1.165, 1.54) is 5.56 Å². The largest absolute Gasteiger partial charge is 0.468 e. The third-order valence-electron chi connectivity index (χ3n) is 3.91. The molecule has 130 valence electrons. The molecule has 2 rings (SSSR count). The van der Waals surface area contributed by atoms with Crippen LogP contribution in [0, 0.1) is 0 Å². The van der Waals surface area contributed by atoms with Crippen LogP contribution in [0.15, 0.2) is 58.1 Å². The molecule has 1 aromatic heterocycles. The van der Waals surface area contributed by atoms with Gasteiger partial charge in [-0.1, -0.05) is 30.3 Å². The molecule has 0 aliphatic carbocycles. The zero-order valence-electron chi connectivity index (χ0n) is 15.0. The zero-order valence-corrected chi connectivity index (χ0v) is 15.0. The Bertz CT molecular complexity index is 608. The van der Waals surface area contributed by atoms with Crippen LogP contribution in [0.25, 0.3) is 0 Å². The Balaban J connectivity index is 2.06. The summed E-state index contributed by atoms with van der Waals surface area (Å²) in [7, 11) is 4.07. The standard InChI is InChI=1S/C19H28N4O/c1-5-20-19(22-15(2)16-10-7-6-8-11-16)21-14-17(23(3)4)18-12-9-13-24-18/h6-13,15,17H,5,14H2,1-4H3,(H2,20,21,22). The molecule has 0 radical (unpaired) electrons. The van der Waals surface area contributed by atoms with Crippen LogP contribution in [0.3, 0.4) is 0 Å². The Morgan fingerprint density at radius 2 is 1.92 bits per heavy atom. The van der Waals surface area contributed by atoms with E-state index >= 15 is 0 Å². The number of hydrogen-bond acceptors (Lipinski definition) is 3. The molecule has 2 aromatic rings. The molecule has 2 unspecified atom stereocenters. The van der Waals surface area contributed by atoms with Gasteiger partial charge in [0.2, 0.25) is 0 Å². The summed E-state index contributed by atoms with van der Waals surface area (Å²) in [5.41, 5.74) is 1.23. The Morgan fingerprint density at radius 3 is 2.50 bits per heavy atom. The van der Waals surface area contributed by atoms with Gasteiger partial charge in [0, 0.05) is 6.54 Å². The van der Waals surface area contributed by atoms with E-state index in [0.29, 0.717) is 6.54 Å². The van der Waals surface area contributed by atoms with Gasteiger partial charge in [0.15, 0.2) is 5.96 Å². The molecular formula is C19H28N4O. The van der Waals surface area contributed by atoms with Gasteiger partial charge in [0.1, 0.15) is 5.76 Å². The van der Waals surface area contributed by atoms with Crippen LogP contribution in [0.4, 0.5) is 0 Å². The summed E-state index contributed by atoms with van der Waals surface area (Å²) in [4.78, 5) is 6.87. The van der Waals surface area contributed by atoms with Gasteiger partial charge in [-0.05, 0) is 45.6 Å². The van der Waals surface area contributed by atoms with E-state index < -0.39 is 0 Å². The van der Waals surface area contributed by atoms with Gasteiger partial charge in [-0.15, -0.1) is 0 Å². The van der Waals surface area contributed by atoms with Crippen LogP contribution < -0.4 is 10.6 Å². The summed E-state index contributed by atoms with van der Waals surface area (Å²) in [6, 6.07) is 14.6. The summed E-state index contributed by atoms with van der Waals surface area (Å²) in [6.45, 7) is 5.65. The van der Waals surface area contributed by atoms with Crippen LogP contribution in [0.5, 0.6) is 0 Å². The highest BCUT2D eigenvalue weighted by Gasteiger charge is 2.17. The number of benzene rings is 1. The van der Waals surface area contributed by atoms with Gasteiger partial charge in [0.25, 0.3) is 0 Å². The first-order valence-corrected chi connectivity index (χ1v) is 8.41. The molecule has 24 heavy (non-hydrogen) atoms. The second-order valence-electron chi connectivity index (χ2n) is 5.99. The van der Waals surface area contributed by atoms with Crippen molar-refractivity contribution in [2.24, 2.45) is 4.99 Å². The van der Waals surface area contributed by atoms with Crippen molar-refractivity contribution in [3.63, 3.8) is 0 Å². The number of furan rings is 1. The van der Waals surface area contributed by atoms with Crippen molar-refractivity contribution in [2.45, 2.75) is 25.9 Å². The van der Waals surface area contributed by atoms with Crippen molar-refractivity contribution in [1.29, 1.82) is 0 Å². The second-order valence-corrected chi connectivity index (χ2v) is 5.99. The maximum absolute atomic E-state index is 5.55. The fraction of sp³-hybridized carbons (Fsp3) is 0.421. The van der Waals surface area contributed by atoms with Gasteiger partial charge < -0.3 is 15.1 Å². The minimum Gasteiger partial charge on any atom is -0.468 e. The Morgan fingerprint density at radius 1 is 1.17 bits per heavy atom. The molecule has 0 aliphatic heterocycles. The van der Waals surface area contributed by atoms with E-state index in [0.717, 1.165) is 18.3 Å². The summed E-state index contributed by atoms with van der Waals surface area (Å²) >= 11 is 0. The highest BCUT2D eigenvalue weighted by molar-refractivity contribution is 5.80. The number of nitrogens with one attached hydrogen (secondary N) is 2. The molecular weight excluding hydrogens is 300 g/mol. The van der Waals surface area contributed by atoms with Gasteiger partial charge >= 0.3 is 0 Å². The van der Waals surface area contributed by atoms with Gasteiger partial charge in [-0.25, -0.2) is 0 Å². The molecule has 1 heterocycles. The predicted molar refractivity (Wildman–Crippen MR) is 99.1 cm³/mol. The first kappa shape index (κ1) is 18.1. The number of rotatable bonds is 7. The fourth-order valence-corrected chi connectivity index (χ4v) is 2.52. The predicted octanol–water partition coefficient (Wildman–Crippen LogP) is 3.20. The van der Waals surface area contributed by atoms with Crippen molar-refractivity contribution in [1.82, 2.24) is 15.5 Å². The lowest BCUT2D eigenvalue weighted by molar-refractivity contribution is 0.265. The monoisotopic (exact) mass is 328 g/mol. The van der Waals surface area contributed by atoms with Crippen molar-refractivity contribution in [3.8, 4) is 0 Å². The van der Waals surface area contributed by atoms with Crippen molar-refractivity contribution in [2.75, 3.05) is 27.2 Å². The molecule has 0 saturated heterocycles. The minimum absolute atomic E-state index is 0.113. The fourth-order valence-electron chi connectivity index (χ4n) is 2.52. The number of nitrogens with zero attached hydrogens (tertiary/aromatic N) is 2. The zero-order chi connectivity index (χ0) is 17.4. The lowest BCUT2D eigenvalue weighted by atomic mass is 10.1. The topological polar surface area (TPSA) is 52.8 Å². The highest BCUT2D eigenvalue weighted by Crippen LogP contribution is 2.19. The van der Waals surface area contributed by atoms with Crippen LogP contribution in [0.1, 0.15) is 37.3 Å². The first-order chi connectivity index (χ1) is 11.6. The van der Waals surface area contributed by atoms with Crippen LogP contribution >= 0.6 is 0 Å². The van der Waals surface area contributed by atoms with Gasteiger partial charge in [-0.3, -0.25) is 9.89 Å². The second kappa shape index (κ2) is 9.13. The van der Waals surface area contributed by atoms with Crippen LogP contribution in [-0.2, 0) is 0 Å². The van der Waals surface area contributed by atoms with Gasteiger partial charge in [0.05, 0.1) is 24.9 Å². The highest BCUT2D eigenvalue weighted by atomic mass is 16.3. The average molecular weight is 328 g/mol. The summed E-state index contributed by atoms with van der Waals surface area (Å²) in [5, 5.41) is 6.78. The average Bonchev–Trinajstić information content (AvgIpc) is 3.09. The smallest absolute Gasteiger partial charge is 0.191 e. The quantitative estimate of drug-likeness (QED) is 0.605. The van der Waals surface area contributed by atoms with E-state index in [9.17, 15) is 0 Å². The summed E-state index contributed by atoms with van der Waals surface area (Å²) < 4.78 is 5.55. The Kier molecular flexibility index (Phi) is 6.88. The molecule has 5 heteroatoms. The SMILES string of the molecule is CCNC(=NCC(c1ccco1)N(C)C)NC(C)c1ccccc1. The number of aliphatic imine (C=N–C) groups is 1. The normalized spacial score (nSPS) is 14.5. The van der Waals surface area contributed by atoms with E-state index in [2.05, 4.69) is 53.6 Å². The number of likely N-dealkylation sites (N-methyl/N-ethyl adjacent to an activating group) is 1. The van der Waals surface area contributed by atoms with Crippen LogP contribution in [0.2, 0.25) is 0 Å². The molecule has 2 atom stereocenters. The Labute approximate surface area is 144 Å². The molecule has 0 aliphatic rings. The maximum atomic E-state index is 5.55. The van der Waals surface area contributed by atoms with E-state index in [4.69, 9.17) is 9.41 Å². The number of guanidine groups is 1. The minimum atomic E-state index is 0.113. The maximum Gasteiger partial charge on any atom is 0.191 e. The number of hydrogen-bond donors (Lipinski definition) is 2. The lowest BCUT2D eigenvalue weighted by Gasteiger charge is -2.22. The van der Waals surface area contributed by atoms with Gasteiger partial charge in [-0.2, -0.15) is 0 Å². The summed E-state index contributed by atoms with van der Waals surface area (Å²) in [5.74, 6) is 1.74. The first-order valence-electron chi connectivity index (χ1n) is 8.41. The van der Waals surface area contributed by atoms with E-state index in [1.807, 2.05) is 32.3 Å². The molecule has 0 bridgehead atoms. The lowest BCUT2D eigenvalue weighted by Crippen LogP contribution is -2.39. The van der Waals surface area contributed by atoms with E-state index in [-0.39, 0.29) is 12.1 Å². The molecule has 1 aromatic carbocycles. The molecule has 0 saturated carbocycles. The Hall–Kier alpha value is -2.27. The molecule has 0 fully saturated rings. The molecule has 5 nitrogen and oxygen atoms in total. The molecule has 0 spiro atoms. The third-order valence-corrected chi connectivity index (χ3v) is 3.91. The molecule has 0 amide bonds. The molecule has 2 N–H and O–H groups in total.